The molecule has 0 radical (unpaired) electrons. The van der Waals surface area contributed by atoms with E-state index in [1.54, 1.807) is 0 Å². The molecule has 1 heterocycles. The molecule has 1 saturated heterocycles. The number of benzene rings is 2. The number of carbonyl (C=O) groups is 3. The van der Waals surface area contributed by atoms with Gasteiger partial charge in [-0.05, 0) is 36.1 Å². The van der Waals surface area contributed by atoms with Crippen molar-refractivity contribution in [2.45, 2.75) is 44.1 Å². The molecule has 4 amide bonds. The predicted octanol–water partition coefficient (Wildman–Crippen LogP) is 3.94. The maximum atomic E-state index is 12.9. The molecule has 2 fully saturated rings. The van der Waals surface area contributed by atoms with Crippen LogP contribution in [-0.4, -0.2) is 34.8 Å². The Morgan fingerprint density at radius 3 is 2.17 bits per heavy atom. The molecule has 29 heavy (non-hydrogen) atoms. The summed E-state index contributed by atoms with van der Waals surface area (Å²) in [4.78, 5) is 38.8. The van der Waals surface area contributed by atoms with Crippen LogP contribution in [0.2, 0.25) is 0 Å². The molecule has 2 N–H and O–H groups in total. The SMILES string of the molecule is O=C(CN1C(=O)NC2(CCCCCC2)C1=O)Nc1ccc(-c2ccccc2)cc1. The third-order valence-electron chi connectivity index (χ3n) is 5.78. The van der Waals surface area contributed by atoms with E-state index < -0.39 is 11.6 Å². The van der Waals surface area contributed by atoms with Crippen molar-refractivity contribution >= 4 is 23.5 Å². The van der Waals surface area contributed by atoms with Crippen LogP contribution in [0, 0.1) is 0 Å². The van der Waals surface area contributed by atoms with Crippen LogP contribution in [0.25, 0.3) is 11.1 Å². The van der Waals surface area contributed by atoms with Crippen LogP contribution in [0.15, 0.2) is 54.6 Å². The standard InChI is InChI=1S/C23H25N3O3/c27-20(24-19-12-10-18(11-13-19)17-8-4-3-5-9-17)16-26-21(28)23(25-22(26)29)14-6-1-2-7-15-23/h3-5,8-13H,1-2,6-7,14-16H2,(H,24,27)(H,25,29). The second-order valence-electron chi connectivity index (χ2n) is 7.81. The molecule has 2 aromatic rings. The van der Waals surface area contributed by atoms with Gasteiger partial charge in [0, 0.05) is 5.69 Å². The van der Waals surface area contributed by atoms with Crippen LogP contribution in [-0.2, 0) is 9.59 Å². The quantitative estimate of drug-likeness (QED) is 0.775. The summed E-state index contributed by atoms with van der Waals surface area (Å²) in [5, 5.41) is 5.64. The summed E-state index contributed by atoms with van der Waals surface area (Å²) in [6.07, 6.45) is 5.28. The summed E-state index contributed by atoms with van der Waals surface area (Å²) in [6, 6.07) is 17.0. The molecule has 6 heteroatoms. The fraction of sp³-hybridized carbons (Fsp3) is 0.348. The van der Waals surface area contributed by atoms with Gasteiger partial charge in [0.15, 0.2) is 0 Å². The van der Waals surface area contributed by atoms with Gasteiger partial charge in [-0.1, -0.05) is 68.1 Å². The number of amides is 4. The van der Waals surface area contributed by atoms with Crippen LogP contribution in [0.1, 0.15) is 38.5 Å². The molecule has 1 spiro atoms. The van der Waals surface area contributed by atoms with Gasteiger partial charge in [0.2, 0.25) is 5.91 Å². The van der Waals surface area contributed by atoms with Crippen LogP contribution < -0.4 is 10.6 Å². The maximum Gasteiger partial charge on any atom is 0.325 e. The molecule has 0 unspecified atom stereocenters. The zero-order valence-electron chi connectivity index (χ0n) is 16.3. The van der Waals surface area contributed by atoms with Crippen molar-refractivity contribution < 1.29 is 14.4 Å². The van der Waals surface area contributed by atoms with E-state index in [9.17, 15) is 14.4 Å². The number of nitrogens with one attached hydrogen (secondary N) is 2. The zero-order chi connectivity index (χ0) is 20.3. The summed E-state index contributed by atoms with van der Waals surface area (Å²) in [7, 11) is 0. The van der Waals surface area contributed by atoms with Crippen LogP contribution >= 0.6 is 0 Å². The number of hydrogen-bond donors (Lipinski definition) is 2. The average molecular weight is 391 g/mol. The summed E-state index contributed by atoms with van der Waals surface area (Å²) in [6.45, 7) is -0.271. The number of hydrogen-bond acceptors (Lipinski definition) is 3. The topological polar surface area (TPSA) is 78.5 Å². The molecule has 0 aromatic heterocycles. The van der Waals surface area contributed by atoms with Gasteiger partial charge >= 0.3 is 6.03 Å². The first kappa shape index (κ1) is 19.2. The van der Waals surface area contributed by atoms with Crippen molar-refractivity contribution in [1.29, 1.82) is 0 Å². The van der Waals surface area contributed by atoms with Crippen LogP contribution in [0.5, 0.6) is 0 Å². The Labute approximate surface area is 170 Å². The highest BCUT2D eigenvalue weighted by molar-refractivity contribution is 6.10. The lowest BCUT2D eigenvalue weighted by molar-refractivity contribution is -0.134. The van der Waals surface area contributed by atoms with E-state index in [1.807, 2.05) is 54.6 Å². The highest BCUT2D eigenvalue weighted by Gasteiger charge is 2.51. The van der Waals surface area contributed by atoms with E-state index in [4.69, 9.17) is 0 Å². The zero-order valence-corrected chi connectivity index (χ0v) is 16.3. The molecular weight excluding hydrogens is 366 g/mol. The Hall–Kier alpha value is -3.15. The van der Waals surface area contributed by atoms with Gasteiger partial charge in [-0.15, -0.1) is 0 Å². The van der Waals surface area contributed by atoms with E-state index in [-0.39, 0.29) is 18.4 Å². The Kier molecular flexibility index (Phi) is 5.34. The summed E-state index contributed by atoms with van der Waals surface area (Å²) in [5.74, 6) is -0.648. The fourth-order valence-electron chi connectivity index (χ4n) is 4.21. The van der Waals surface area contributed by atoms with Gasteiger partial charge in [0.05, 0.1) is 0 Å². The van der Waals surface area contributed by atoms with Crippen molar-refractivity contribution in [3.8, 4) is 11.1 Å². The number of urea groups is 1. The van der Waals surface area contributed by atoms with E-state index in [0.29, 0.717) is 18.5 Å². The van der Waals surface area contributed by atoms with Gasteiger partial charge in [-0.3, -0.25) is 14.5 Å². The van der Waals surface area contributed by atoms with Crippen molar-refractivity contribution in [2.24, 2.45) is 0 Å². The minimum atomic E-state index is -0.814. The smallest absolute Gasteiger partial charge is 0.325 e. The normalized spacial score (nSPS) is 18.4. The maximum absolute atomic E-state index is 12.9. The number of carbonyl (C=O) groups excluding carboxylic acids is 3. The predicted molar refractivity (Wildman–Crippen MR) is 111 cm³/mol. The second-order valence-corrected chi connectivity index (χ2v) is 7.81. The Bertz CT molecular complexity index is 901. The van der Waals surface area contributed by atoms with Crippen molar-refractivity contribution in [2.75, 3.05) is 11.9 Å². The number of anilines is 1. The fourth-order valence-corrected chi connectivity index (χ4v) is 4.21. The highest BCUT2D eigenvalue weighted by atomic mass is 16.2. The molecule has 0 atom stereocenters. The van der Waals surface area contributed by atoms with Crippen molar-refractivity contribution in [3.05, 3.63) is 54.6 Å². The number of imide groups is 1. The lowest BCUT2D eigenvalue weighted by Gasteiger charge is -2.24. The van der Waals surface area contributed by atoms with Gasteiger partial charge in [-0.25, -0.2) is 4.79 Å². The van der Waals surface area contributed by atoms with Crippen LogP contribution in [0.4, 0.5) is 10.5 Å². The first-order chi connectivity index (χ1) is 14.1. The minimum absolute atomic E-state index is 0.265. The van der Waals surface area contributed by atoms with Crippen LogP contribution in [0.3, 0.4) is 0 Å². The van der Waals surface area contributed by atoms with E-state index in [0.717, 1.165) is 41.7 Å². The lowest BCUT2D eigenvalue weighted by atomic mass is 9.90. The Morgan fingerprint density at radius 1 is 0.897 bits per heavy atom. The molecule has 2 aromatic carbocycles. The summed E-state index contributed by atoms with van der Waals surface area (Å²) >= 11 is 0. The van der Waals surface area contributed by atoms with E-state index >= 15 is 0 Å². The van der Waals surface area contributed by atoms with E-state index in [1.165, 1.54) is 0 Å². The minimum Gasteiger partial charge on any atom is -0.325 e. The molecule has 1 saturated carbocycles. The summed E-state index contributed by atoms with van der Waals surface area (Å²) < 4.78 is 0. The molecular formula is C23H25N3O3. The summed E-state index contributed by atoms with van der Waals surface area (Å²) in [5.41, 5.74) is 1.96. The third-order valence-corrected chi connectivity index (χ3v) is 5.78. The molecule has 0 bridgehead atoms. The largest absolute Gasteiger partial charge is 0.325 e. The van der Waals surface area contributed by atoms with Gasteiger partial charge in [-0.2, -0.15) is 0 Å². The number of nitrogens with zero attached hydrogens (tertiary/aromatic N) is 1. The van der Waals surface area contributed by atoms with E-state index in [2.05, 4.69) is 10.6 Å². The lowest BCUT2D eigenvalue weighted by Crippen LogP contribution is -2.47. The Morgan fingerprint density at radius 2 is 1.52 bits per heavy atom. The molecule has 6 nitrogen and oxygen atoms in total. The average Bonchev–Trinajstić information content (AvgIpc) is 2.89. The second kappa shape index (κ2) is 8.07. The first-order valence-electron chi connectivity index (χ1n) is 10.2. The van der Waals surface area contributed by atoms with Crippen molar-refractivity contribution in [1.82, 2.24) is 10.2 Å². The highest BCUT2D eigenvalue weighted by Crippen LogP contribution is 2.32. The Balaban J connectivity index is 1.39. The monoisotopic (exact) mass is 391 g/mol. The van der Waals surface area contributed by atoms with Gasteiger partial charge in [0.1, 0.15) is 12.1 Å². The van der Waals surface area contributed by atoms with Gasteiger partial charge < -0.3 is 10.6 Å². The molecule has 1 aliphatic heterocycles. The van der Waals surface area contributed by atoms with Gasteiger partial charge in [0.25, 0.3) is 5.91 Å². The molecule has 1 aliphatic carbocycles. The number of rotatable bonds is 4. The molecule has 150 valence electrons. The molecule has 2 aliphatic rings. The third kappa shape index (κ3) is 4.01. The van der Waals surface area contributed by atoms with Crippen molar-refractivity contribution in [3.63, 3.8) is 0 Å². The molecule has 4 rings (SSSR count). The first-order valence-corrected chi connectivity index (χ1v) is 10.2.